The van der Waals surface area contributed by atoms with E-state index in [4.69, 9.17) is 23.7 Å². The van der Waals surface area contributed by atoms with Crippen LogP contribution in [0, 0.1) is 0 Å². The van der Waals surface area contributed by atoms with Crippen LogP contribution < -0.4 is 0 Å². The van der Waals surface area contributed by atoms with Gasteiger partial charge in [-0.2, -0.15) is 0 Å². The first-order valence-corrected chi connectivity index (χ1v) is 36.6. The molecule has 84 heavy (non-hydrogen) atoms. The molecule has 0 amide bonds. The van der Waals surface area contributed by atoms with Crippen molar-refractivity contribution in [3.8, 4) is 0 Å². The fraction of sp³-hybridized carbons (Fsp3) is 0.905. The summed E-state index contributed by atoms with van der Waals surface area (Å²) in [4.78, 5) is 58.5. The van der Waals surface area contributed by atoms with Gasteiger partial charge in [0, 0.05) is 32.1 Å². The highest BCUT2D eigenvalue weighted by atomic mass is 16.5. The highest BCUT2D eigenvalue weighted by Crippen LogP contribution is 2.16. The van der Waals surface area contributed by atoms with E-state index in [1.165, 1.54) is 205 Å². The van der Waals surface area contributed by atoms with Crippen LogP contribution in [0.2, 0.25) is 0 Å². The molecule has 1 unspecified atom stereocenters. The Hall–Kier alpha value is -2.91. The minimum atomic E-state index is -0.140. The third kappa shape index (κ3) is 77.1. The van der Waals surface area contributed by atoms with Crippen LogP contribution in [0.4, 0.5) is 0 Å². The molecule has 0 heterocycles. The van der Waals surface area contributed by atoms with E-state index in [2.05, 4.69) is 60.6 Å². The van der Waals surface area contributed by atoms with Gasteiger partial charge in [-0.1, -0.05) is 279 Å². The van der Waals surface area contributed by atoms with E-state index in [0.717, 1.165) is 103 Å². The van der Waals surface area contributed by atoms with Crippen LogP contribution in [0.25, 0.3) is 0 Å². The molecule has 0 saturated carbocycles. The number of ether oxygens (including phenoxy) is 5. The van der Waals surface area contributed by atoms with Crippen LogP contribution in [-0.2, 0) is 47.7 Å². The molecular formula is C74H142O10. The molecule has 0 spiro atoms. The third-order valence-corrected chi connectivity index (χ3v) is 15.6. The molecule has 10 heteroatoms. The molecule has 0 aliphatic heterocycles. The van der Waals surface area contributed by atoms with Crippen molar-refractivity contribution in [1.29, 1.82) is 0 Å². The first-order valence-electron chi connectivity index (χ1n) is 36.6. The lowest BCUT2D eigenvalue weighted by atomic mass is 10.1. The van der Waals surface area contributed by atoms with Gasteiger partial charge in [-0.3, -0.25) is 24.0 Å². The molecule has 0 rings (SSSR count). The van der Waals surface area contributed by atoms with Gasteiger partial charge in [0.1, 0.15) is 6.10 Å². The second kappa shape index (κ2) is 76.2. The molecule has 0 N–H and O–H groups in total. The standard InChI is InChI=1S/C26H50O4.C26H50O2.C22H42O4/c1-3-5-7-9-15-19-23-29-25(27)21-17-13-11-12-14-18-22-26(28)30-24-20-16-10-8-6-4-2;1-4-7-9-10-11-12-13-14-15-16-17-18-19-20-22-24-26(27)28-25(6-3)23-21-8-5-2;1-3-5-7-9-11-15-19-25-21(23)17-13-14-18-22(24)26-20-16-12-10-8-6-4-2/h3-24H2,1-2H3;14-15,25H,4-13,16-24H2,1-3H3;3-20H2,1-2H3/b;15-14-;. The Balaban J connectivity index is -0.00000117. The average Bonchev–Trinajstić information content (AvgIpc) is 3.49. The van der Waals surface area contributed by atoms with Crippen molar-refractivity contribution in [1.82, 2.24) is 0 Å². The Morgan fingerprint density at radius 3 is 0.738 bits per heavy atom. The smallest absolute Gasteiger partial charge is 0.306 e. The van der Waals surface area contributed by atoms with Gasteiger partial charge >= 0.3 is 29.8 Å². The van der Waals surface area contributed by atoms with Crippen molar-refractivity contribution in [2.45, 2.75) is 408 Å². The predicted octanol–water partition coefficient (Wildman–Crippen LogP) is 23.2. The average molecular weight is 1190 g/mol. The van der Waals surface area contributed by atoms with E-state index < -0.39 is 0 Å². The van der Waals surface area contributed by atoms with Crippen LogP contribution in [0.15, 0.2) is 12.2 Å². The van der Waals surface area contributed by atoms with Crippen LogP contribution in [0.5, 0.6) is 0 Å². The van der Waals surface area contributed by atoms with Crippen LogP contribution in [0.1, 0.15) is 402 Å². The van der Waals surface area contributed by atoms with E-state index in [0.29, 0.717) is 71.4 Å². The van der Waals surface area contributed by atoms with E-state index in [-0.39, 0.29) is 36.0 Å². The molecule has 0 aromatic heterocycles. The lowest BCUT2D eigenvalue weighted by Crippen LogP contribution is -2.17. The molecule has 498 valence electrons. The molecule has 0 aromatic rings. The quantitative estimate of drug-likeness (QED) is 0.0251. The minimum absolute atomic E-state index is 0.0148. The zero-order valence-corrected chi connectivity index (χ0v) is 57.0. The van der Waals surface area contributed by atoms with Crippen molar-refractivity contribution < 1.29 is 47.7 Å². The number of esters is 5. The van der Waals surface area contributed by atoms with E-state index in [9.17, 15) is 24.0 Å². The number of allylic oxidation sites excluding steroid dienone is 2. The summed E-state index contributed by atoms with van der Waals surface area (Å²) in [5, 5.41) is 0. The molecule has 0 fully saturated rings. The first-order chi connectivity index (χ1) is 41.1. The molecule has 0 saturated heterocycles. The molecule has 0 radical (unpaired) electrons. The molecule has 10 nitrogen and oxygen atoms in total. The lowest BCUT2D eigenvalue weighted by molar-refractivity contribution is -0.150. The van der Waals surface area contributed by atoms with Crippen LogP contribution >= 0.6 is 0 Å². The van der Waals surface area contributed by atoms with Gasteiger partial charge in [0.2, 0.25) is 0 Å². The molecule has 1 atom stereocenters. The Bertz CT molecular complexity index is 1310. The Kier molecular flexibility index (Phi) is 77.4. The maximum atomic E-state index is 11.9. The van der Waals surface area contributed by atoms with Crippen molar-refractivity contribution in [2.75, 3.05) is 26.4 Å². The molecule has 0 bridgehead atoms. The fourth-order valence-electron chi connectivity index (χ4n) is 9.90. The molecular weight excluding hydrogens is 1050 g/mol. The zero-order chi connectivity index (χ0) is 62.1. The third-order valence-electron chi connectivity index (χ3n) is 15.6. The molecule has 0 aliphatic carbocycles. The van der Waals surface area contributed by atoms with Gasteiger partial charge < -0.3 is 23.7 Å². The molecule has 0 aromatic carbocycles. The predicted molar refractivity (Wildman–Crippen MR) is 357 cm³/mol. The van der Waals surface area contributed by atoms with E-state index in [1.807, 2.05) is 0 Å². The van der Waals surface area contributed by atoms with Gasteiger partial charge in [0.05, 0.1) is 26.4 Å². The largest absolute Gasteiger partial charge is 0.466 e. The van der Waals surface area contributed by atoms with Crippen molar-refractivity contribution >= 4 is 29.8 Å². The Morgan fingerprint density at radius 2 is 0.464 bits per heavy atom. The monoisotopic (exact) mass is 1190 g/mol. The van der Waals surface area contributed by atoms with Gasteiger partial charge in [-0.15, -0.1) is 0 Å². The summed E-state index contributed by atoms with van der Waals surface area (Å²) in [7, 11) is 0. The van der Waals surface area contributed by atoms with Gasteiger partial charge in [-0.25, -0.2) is 0 Å². The Labute approximate surface area is 521 Å². The second-order valence-electron chi connectivity index (χ2n) is 24.1. The summed E-state index contributed by atoms with van der Waals surface area (Å²) in [6.45, 7) is 17.7. The summed E-state index contributed by atoms with van der Waals surface area (Å²) >= 11 is 0. The lowest BCUT2D eigenvalue weighted by Gasteiger charge is -2.16. The van der Waals surface area contributed by atoms with Crippen LogP contribution in [-0.4, -0.2) is 62.4 Å². The van der Waals surface area contributed by atoms with Gasteiger partial charge in [0.15, 0.2) is 0 Å². The maximum absolute atomic E-state index is 11.9. The molecule has 0 aliphatic rings. The first kappa shape index (κ1) is 85.3. The number of carbonyl (C=O) groups excluding carboxylic acids is 5. The van der Waals surface area contributed by atoms with Crippen molar-refractivity contribution in [3.05, 3.63) is 12.2 Å². The van der Waals surface area contributed by atoms with Crippen molar-refractivity contribution in [3.63, 3.8) is 0 Å². The summed E-state index contributed by atoms with van der Waals surface area (Å²) in [5.41, 5.74) is 0. The number of hydrogen-bond acceptors (Lipinski definition) is 10. The second-order valence-corrected chi connectivity index (χ2v) is 24.1. The normalized spacial score (nSPS) is 11.4. The SMILES string of the molecule is CCCCCCCC/C=C\CCCCCCCC(=O)OC(CC)CCCCC.CCCCCCCCOC(=O)CCCCC(=O)OCCCCCCCC.CCCCCCCCOC(=O)CCCCCCCCC(=O)OCCCCCCCC. The van der Waals surface area contributed by atoms with Crippen LogP contribution in [0.3, 0.4) is 0 Å². The topological polar surface area (TPSA) is 132 Å². The maximum Gasteiger partial charge on any atom is 0.306 e. The van der Waals surface area contributed by atoms with Gasteiger partial charge in [0.25, 0.3) is 0 Å². The van der Waals surface area contributed by atoms with E-state index >= 15 is 0 Å². The number of rotatable bonds is 63. The zero-order valence-electron chi connectivity index (χ0n) is 57.0. The minimum Gasteiger partial charge on any atom is -0.466 e. The number of unbranched alkanes of at least 4 members (excludes halogenated alkanes) is 39. The summed E-state index contributed by atoms with van der Waals surface area (Å²) < 4.78 is 26.6. The fourth-order valence-corrected chi connectivity index (χ4v) is 9.90. The summed E-state index contributed by atoms with van der Waals surface area (Å²) in [6, 6.07) is 0. The van der Waals surface area contributed by atoms with Gasteiger partial charge in [-0.05, 0) is 103 Å². The Morgan fingerprint density at radius 1 is 0.250 bits per heavy atom. The number of hydrogen-bond donors (Lipinski definition) is 0. The highest BCUT2D eigenvalue weighted by molar-refractivity contribution is 5.71. The number of carbonyl (C=O) groups is 5. The summed E-state index contributed by atoms with van der Waals surface area (Å²) in [6.07, 6.45) is 66.2. The summed E-state index contributed by atoms with van der Waals surface area (Å²) in [5.74, 6) is -0.354. The highest BCUT2D eigenvalue weighted by Gasteiger charge is 2.12. The van der Waals surface area contributed by atoms with E-state index in [1.54, 1.807) is 0 Å². The van der Waals surface area contributed by atoms with Crippen molar-refractivity contribution in [2.24, 2.45) is 0 Å².